The molecule has 0 spiro atoms. The molecule has 0 fully saturated rings. The summed E-state index contributed by atoms with van der Waals surface area (Å²) in [4.78, 5) is 24.1. The second-order valence-corrected chi connectivity index (χ2v) is 9.73. The number of halogens is 1. The molecule has 2 aromatic rings. The Morgan fingerprint density at radius 1 is 1.07 bits per heavy atom. The summed E-state index contributed by atoms with van der Waals surface area (Å²) in [6, 6.07) is 13.7. The van der Waals surface area contributed by atoms with Crippen LogP contribution in [0.1, 0.15) is 77.8 Å². The van der Waals surface area contributed by atoms with E-state index in [-0.39, 0.29) is 11.6 Å². The van der Waals surface area contributed by atoms with Crippen LogP contribution in [0, 0.1) is 30.0 Å². The molecule has 1 atom stereocenters. The van der Waals surface area contributed by atoms with Crippen LogP contribution in [0.15, 0.2) is 66.8 Å². The minimum absolute atomic E-state index is 0.172. The van der Waals surface area contributed by atoms with Gasteiger partial charge in [-0.2, -0.15) is 5.26 Å². The van der Waals surface area contributed by atoms with Crippen molar-refractivity contribution in [2.45, 2.75) is 80.1 Å². The van der Waals surface area contributed by atoms with Crippen LogP contribution >= 0.6 is 12.2 Å². The lowest BCUT2D eigenvalue weighted by atomic mass is 9.94. The maximum Gasteiger partial charge on any atom is 0.316 e. The van der Waals surface area contributed by atoms with Gasteiger partial charge in [0.1, 0.15) is 17.5 Å². The quantitative estimate of drug-likeness (QED) is 0.0832. The van der Waals surface area contributed by atoms with Crippen molar-refractivity contribution in [2.24, 2.45) is 5.92 Å². The van der Waals surface area contributed by atoms with Crippen LogP contribution in [0.4, 0.5) is 15.8 Å². The zero-order chi connectivity index (χ0) is 31.8. The Hall–Kier alpha value is -3.83. The van der Waals surface area contributed by atoms with Crippen LogP contribution in [-0.2, 0) is 20.7 Å². The van der Waals surface area contributed by atoms with E-state index in [1.807, 2.05) is 64.1 Å². The van der Waals surface area contributed by atoms with Gasteiger partial charge in [0.05, 0.1) is 12.7 Å². The van der Waals surface area contributed by atoms with Gasteiger partial charge in [0.15, 0.2) is 5.11 Å². The maximum atomic E-state index is 13.0. The molecule has 2 N–H and O–H groups in total. The number of thiocarbonyl (C=S) groups is 1. The first kappa shape index (κ1) is 38.2. The Morgan fingerprint density at radius 2 is 1.69 bits per heavy atom. The van der Waals surface area contributed by atoms with Crippen molar-refractivity contribution in [1.82, 2.24) is 0 Å². The van der Waals surface area contributed by atoms with Crippen molar-refractivity contribution >= 4 is 40.5 Å². The first-order valence-electron chi connectivity index (χ1n) is 14.4. The summed E-state index contributed by atoms with van der Waals surface area (Å²) in [6.45, 7) is 11.7. The van der Waals surface area contributed by atoms with Gasteiger partial charge in [-0.25, -0.2) is 4.39 Å². The number of hydrogen-bond donors (Lipinski definition) is 2. The van der Waals surface area contributed by atoms with Gasteiger partial charge in [-0.1, -0.05) is 57.6 Å². The Labute approximate surface area is 257 Å². The van der Waals surface area contributed by atoms with Gasteiger partial charge >= 0.3 is 5.97 Å². The number of allylic oxidation sites excluding steroid dienone is 4. The van der Waals surface area contributed by atoms with Gasteiger partial charge in [-0.15, -0.1) is 0 Å². The maximum absolute atomic E-state index is 13.0. The van der Waals surface area contributed by atoms with Gasteiger partial charge in [-0.3, -0.25) is 9.59 Å². The summed E-state index contributed by atoms with van der Waals surface area (Å²) in [5, 5.41) is 14.1. The van der Waals surface area contributed by atoms with E-state index in [0.29, 0.717) is 36.7 Å². The van der Waals surface area contributed by atoms with Crippen LogP contribution in [0.5, 0.6) is 0 Å². The van der Waals surface area contributed by atoms with Crippen molar-refractivity contribution in [3.63, 3.8) is 0 Å². The molecule has 0 amide bonds. The molecule has 2 aromatic carbocycles. The zero-order valence-electron chi connectivity index (χ0n) is 25.8. The summed E-state index contributed by atoms with van der Waals surface area (Å²) in [6.07, 6.45) is 12.7. The Bertz CT molecular complexity index is 1190. The van der Waals surface area contributed by atoms with E-state index in [0.717, 1.165) is 36.1 Å². The predicted octanol–water partition coefficient (Wildman–Crippen LogP) is 8.87. The van der Waals surface area contributed by atoms with Gasteiger partial charge in [0.2, 0.25) is 0 Å². The number of nitriles is 1. The van der Waals surface area contributed by atoms with Crippen LogP contribution in [0.25, 0.3) is 0 Å². The van der Waals surface area contributed by atoms with Gasteiger partial charge in [-0.05, 0) is 106 Å². The van der Waals surface area contributed by atoms with Crippen LogP contribution in [0.2, 0.25) is 0 Å². The topological polar surface area (TPSA) is 91.2 Å². The molecule has 2 rings (SSSR count). The van der Waals surface area contributed by atoms with E-state index in [1.165, 1.54) is 19.1 Å². The SMILES string of the molecule is C/C=C\C=C/CC.CCC#N.CCCCOC(=O)C(CCc1ccc(NC(=S)Nc2ccc(F)cc2)cc1C)C(C)=O. The standard InChI is InChI=1S/C24H29FN2O3S.C7H12.C3H5N/c1-4-5-14-30-23(29)22(17(3)28)13-7-18-6-10-21(15-16(18)2)27-24(31)26-20-11-8-19(25)9-12-20;1-3-5-7-6-4-2;1-2-3-4/h6,8-12,15,22H,4-5,7,13-14H2,1-3H3,(H2,26,27,31);3,5-7H,4H2,1-2H3;2H2,1H3/b;5-3-,7-6-;. The number of hydrogen-bond acceptors (Lipinski definition) is 5. The van der Waals surface area contributed by atoms with E-state index in [2.05, 4.69) is 29.7 Å². The van der Waals surface area contributed by atoms with E-state index in [4.69, 9.17) is 22.2 Å². The highest BCUT2D eigenvalue weighted by molar-refractivity contribution is 7.80. The Kier molecular flexibility index (Phi) is 21.7. The first-order chi connectivity index (χ1) is 20.1. The highest BCUT2D eigenvalue weighted by Gasteiger charge is 2.24. The molecule has 0 radical (unpaired) electrons. The lowest BCUT2D eigenvalue weighted by Gasteiger charge is -2.15. The number of benzene rings is 2. The van der Waals surface area contributed by atoms with Gasteiger partial charge < -0.3 is 15.4 Å². The third kappa shape index (κ3) is 17.8. The minimum atomic E-state index is -0.735. The van der Waals surface area contributed by atoms with Crippen molar-refractivity contribution in [1.29, 1.82) is 5.26 Å². The number of ether oxygens (including phenoxy) is 1. The van der Waals surface area contributed by atoms with Crippen LogP contribution in [-0.4, -0.2) is 23.5 Å². The van der Waals surface area contributed by atoms with E-state index in [1.54, 1.807) is 12.1 Å². The molecule has 0 saturated heterocycles. The molecule has 8 heteroatoms. The molecule has 0 aliphatic carbocycles. The summed E-state index contributed by atoms with van der Waals surface area (Å²) < 4.78 is 18.2. The fourth-order valence-electron chi connectivity index (χ4n) is 3.41. The number of carbonyl (C=O) groups is 2. The van der Waals surface area contributed by atoms with Crippen molar-refractivity contribution < 1.29 is 18.7 Å². The zero-order valence-corrected chi connectivity index (χ0v) is 26.7. The van der Waals surface area contributed by atoms with Crippen LogP contribution in [0.3, 0.4) is 0 Å². The fraction of sp³-hybridized carbons (Fsp3) is 0.412. The highest BCUT2D eigenvalue weighted by Crippen LogP contribution is 2.20. The predicted molar refractivity (Wildman–Crippen MR) is 176 cm³/mol. The number of rotatable bonds is 12. The second-order valence-electron chi connectivity index (χ2n) is 9.32. The molecule has 0 bridgehead atoms. The molecule has 228 valence electrons. The number of nitrogens with zero attached hydrogens (tertiary/aromatic N) is 1. The average Bonchev–Trinajstić information content (AvgIpc) is 2.96. The van der Waals surface area contributed by atoms with Gasteiger partial charge in [0.25, 0.3) is 0 Å². The molecule has 0 aliphatic heterocycles. The normalized spacial score (nSPS) is 10.9. The molecule has 0 heterocycles. The molecule has 42 heavy (non-hydrogen) atoms. The number of anilines is 2. The van der Waals surface area contributed by atoms with E-state index in [9.17, 15) is 14.0 Å². The molecular formula is C34H46FN3O3S. The largest absolute Gasteiger partial charge is 0.465 e. The number of aryl methyl sites for hydroxylation is 2. The van der Waals surface area contributed by atoms with E-state index >= 15 is 0 Å². The summed E-state index contributed by atoms with van der Waals surface area (Å²) in [5.74, 6) is -1.65. The highest BCUT2D eigenvalue weighted by atomic mass is 32.1. The molecule has 1 unspecified atom stereocenters. The third-order valence-electron chi connectivity index (χ3n) is 5.76. The number of nitrogens with one attached hydrogen (secondary N) is 2. The molecule has 6 nitrogen and oxygen atoms in total. The minimum Gasteiger partial charge on any atom is -0.465 e. The molecule has 0 aliphatic rings. The van der Waals surface area contributed by atoms with Crippen molar-refractivity contribution in [3.05, 3.63) is 83.7 Å². The van der Waals surface area contributed by atoms with Crippen LogP contribution < -0.4 is 10.6 Å². The molecular weight excluding hydrogens is 549 g/mol. The average molecular weight is 596 g/mol. The summed E-state index contributed by atoms with van der Waals surface area (Å²) >= 11 is 5.31. The summed E-state index contributed by atoms with van der Waals surface area (Å²) in [7, 11) is 0. The monoisotopic (exact) mass is 595 g/mol. The van der Waals surface area contributed by atoms with Crippen molar-refractivity contribution in [2.75, 3.05) is 17.2 Å². The lowest BCUT2D eigenvalue weighted by Crippen LogP contribution is -2.25. The second kappa shape index (κ2) is 23.8. The molecule has 0 aromatic heterocycles. The number of ketones is 1. The first-order valence-corrected chi connectivity index (χ1v) is 14.8. The van der Waals surface area contributed by atoms with Gasteiger partial charge in [0, 0.05) is 17.8 Å². The van der Waals surface area contributed by atoms with E-state index < -0.39 is 11.9 Å². The fourth-order valence-corrected chi connectivity index (χ4v) is 3.65. The number of Topliss-reactive ketones (excluding diaryl/α,β-unsaturated/α-hetero) is 1. The number of carbonyl (C=O) groups excluding carboxylic acids is 2. The lowest BCUT2D eigenvalue weighted by molar-refractivity contribution is -0.151. The third-order valence-corrected chi connectivity index (χ3v) is 5.96. The summed E-state index contributed by atoms with van der Waals surface area (Å²) in [5.41, 5.74) is 3.57. The Morgan fingerprint density at radius 3 is 2.21 bits per heavy atom. The smallest absolute Gasteiger partial charge is 0.316 e. The Balaban J connectivity index is 0.00000130. The number of esters is 1. The van der Waals surface area contributed by atoms with Crippen molar-refractivity contribution in [3.8, 4) is 6.07 Å². The molecule has 0 saturated carbocycles. The number of unbranched alkanes of at least 4 members (excludes halogenated alkanes) is 1.